The maximum Gasteiger partial charge on any atom is 1.00 e. The zero-order valence-electron chi connectivity index (χ0n) is 5.44. The zero-order valence-corrected chi connectivity index (χ0v) is 13.4. The van der Waals surface area contributed by atoms with Gasteiger partial charge in [0.1, 0.15) is 0 Å². The van der Waals surface area contributed by atoms with Crippen molar-refractivity contribution in [1.82, 2.24) is 0 Å². The van der Waals surface area contributed by atoms with Gasteiger partial charge in [-0.3, -0.25) is 4.21 Å². The van der Waals surface area contributed by atoms with Crippen molar-refractivity contribution in [3.05, 3.63) is 0 Å². The molecule has 0 bridgehead atoms. The first-order valence-electron chi connectivity index (χ1n) is 1.15. The molecule has 0 saturated carbocycles. The molecule has 1 N–H and O–H groups in total. The van der Waals surface area contributed by atoms with Gasteiger partial charge in [0, 0.05) is 0 Å². The number of hydrogen-bond acceptors (Lipinski definition) is 4. The SMILES string of the molecule is O=C(O)S.O=S([O-])[O-].[K+].[K+]. The summed E-state index contributed by atoms with van der Waals surface area (Å²) in [7, 11) is 0. The molecule has 0 amide bonds. The van der Waals surface area contributed by atoms with Crippen molar-refractivity contribution in [3.63, 3.8) is 0 Å². The molecule has 0 spiro atoms. The number of carbonyl (C=O) groups is 1. The summed E-state index contributed by atoms with van der Waals surface area (Å²) in [5.74, 6) is 0. The van der Waals surface area contributed by atoms with E-state index >= 15 is 0 Å². The summed E-state index contributed by atoms with van der Waals surface area (Å²) in [5, 5.41) is 6.14. The first-order valence-corrected chi connectivity index (χ1v) is 2.60. The summed E-state index contributed by atoms with van der Waals surface area (Å²) in [6.07, 6.45) is 0. The van der Waals surface area contributed by atoms with Gasteiger partial charge in [-0.25, -0.2) is 4.79 Å². The van der Waals surface area contributed by atoms with Gasteiger partial charge in [-0.15, -0.1) is 11.4 Å². The molecule has 0 rings (SSSR count). The van der Waals surface area contributed by atoms with Crippen molar-refractivity contribution in [2.24, 2.45) is 0 Å². The second-order valence-electron chi connectivity index (χ2n) is 0.487. The van der Waals surface area contributed by atoms with Crippen molar-refractivity contribution in [2.45, 2.75) is 0 Å². The average Bonchev–Trinajstić information content (AvgIpc) is 1.25. The van der Waals surface area contributed by atoms with Crippen LogP contribution in [0.25, 0.3) is 0 Å². The van der Waals surface area contributed by atoms with E-state index < -0.39 is 16.7 Å². The first kappa shape index (κ1) is 23.2. The van der Waals surface area contributed by atoms with Gasteiger partial charge in [0.2, 0.25) is 0 Å². The number of rotatable bonds is 0. The summed E-state index contributed by atoms with van der Waals surface area (Å²) in [4.78, 5) is 8.86. The van der Waals surface area contributed by atoms with Crippen LogP contribution in [0.5, 0.6) is 0 Å². The van der Waals surface area contributed by atoms with Crippen molar-refractivity contribution in [3.8, 4) is 0 Å². The summed E-state index contributed by atoms with van der Waals surface area (Å²) in [6.45, 7) is 0. The van der Waals surface area contributed by atoms with Crippen LogP contribution < -0.4 is 103 Å². The molecule has 10 heavy (non-hydrogen) atoms. The molecule has 0 aliphatic heterocycles. The minimum absolute atomic E-state index is 0. The molecule has 0 aromatic carbocycles. The molecule has 0 heterocycles. The molecule has 0 atom stereocenters. The van der Waals surface area contributed by atoms with Gasteiger partial charge in [-0.2, -0.15) is 0 Å². The second kappa shape index (κ2) is 18.1. The molecule has 0 aromatic rings. The molecule has 0 radical (unpaired) electrons. The second-order valence-corrected chi connectivity index (χ2v) is 1.28. The van der Waals surface area contributed by atoms with E-state index in [1.165, 1.54) is 0 Å². The fourth-order valence-corrected chi connectivity index (χ4v) is 0. The molecule has 0 aromatic heterocycles. The van der Waals surface area contributed by atoms with Crippen molar-refractivity contribution in [1.29, 1.82) is 0 Å². The van der Waals surface area contributed by atoms with Gasteiger partial charge >= 0.3 is 108 Å². The van der Waals surface area contributed by atoms with E-state index in [4.69, 9.17) is 23.2 Å². The average molecular weight is 236 g/mol. The molecule has 0 fully saturated rings. The zero-order chi connectivity index (χ0) is 7.15. The van der Waals surface area contributed by atoms with Crippen LogP contribution in [0.4, 0.5) is 4.79 Å². The van der Waals surface area contributed by atoms with Gasteiger partial charge in [-0.1, -0.05) is 12.6 Å². The van der Waals surface area contributed by atoms with Crippen LogP contribution in [-0.4, -0.2) is 23.7 Å². The van der Waals surface area contributed by atoms with E-state index in [1.54, 1.807) is 0 Å². The third kappa shape index (κ3) is 115. The van der Waals surface area contributed by atoms with Gasteiger partial charge in [0.05, 0.1) is 0 Å². The van der Waals surface area contributed by atoms with E-state index in [2.05, 4.69) is 12.6 Å². The van der Waals surface area contributed by atoms with Gasteiger partial charge in [-0.05, 0) is 0 Å². The number of hydrogen-bond donors (Lipinski definition) is 2. The van der Waals surface area contributed by atoms with E-state index in [-0.39, 0.29) is 103 Å². The molecule has 5 nitrogen and oxygen atoms in total. The predicted octanol–water partition coefficient (Wildman–Crippen LogP) is -6.40. The van der Waals surface area contributed by atoms with Gasteiger partial charge in [0.15, 0.2) is 0 Å². The first-order chi connectivity index (χ1) is 3.46. The standard InChI is InChI=1S/CH2O2S.2K.H2O3S/c2-1(3)4;;;1-4(2)3/h4H,(H,2,3);;;(H2,1,2,3)/q;2*+1;/p-2. The van der Waals surface area contributed by atoms with Crippen LogP contribution in [0, 0.1) is 0 Å². The Bertz CT molecular complexity index is 75.6. The molecule has 0 aliphatic rings. The van der Waals surface area contributed by atoms with Crippen LogP contribution in [0.15, 0.2) is 0 Å². The Hall–Kier alpha value is 3.16. The Labute approximate surface area is 151 Å². The predicted molar refractivity (Wildman–Crippen MR) is 26.7 cm³/mol. The van der Waals surface area contributed by atoms with Gasteiger partial charge < -0.3 is 14.2 Å². The Morgan fingerprint density at radius 1 is 1.40 bits per heavy atom. The minimum atomic E-state index is -3.11. The Morgan fingerprint density at radius 3 is 1.40 bits per heavy atom. The van der Waals surface area contributed by atoms with Crippen LogP contribution >= 0.6 is 12.6 Å². The quantitative estimate of drug-likeness (QED) is 0.247. The fraction of sp³-hybridized carbons (Fsp3) is 0. The van der Waals surface area contributed by atoms with Crippen molar-refractivity contribution < 1.29 is 126 Å². The van der Waals surface area contributed by atoms with Crippen LogP contribution in [0.3, 0.4) is 0 Å². The molecule has 0 saturated heterocycles. The Morgan fingerprint density at radius 2 is 1.40 bits per heavy atom. The van der Waals surface area contributed by atoms with Crippen LogP contribution in [0.2, 0.25) is 0 Å². The normalized spacial score (nSPS) is 6.00. The van der Waals surface area contributed by atoms with Crippen molar-refractivity contribution in [2.75, 3.05) is 0 Å². The molecule has 0 aliphatic carbocycles. The fourth-order valence-electron chi connectivity index (χ4n) is 0. The smallest absolute Gasteiger partial charge is 0.784 e. The number of thiol groups is 1. The van der Waals surface area contributed by atoms with E-state index in [0.29, 0.717) is 0 Å². The van der Waals surface area contributed by atoms with Crippen LogP contribution in [0.1, 0.15) is 0 Å². The molecular formula is CH2K2O5S2. The summed E-state index contributed by atoms with van der Waals surface area (Å²) >= 11 is -0.228. The number of carboxylic acid groups (broad SMARTS) is 1. The van der Waals surface area contributed by atoms with Gasteiger partial charge in [0.25, 0.3) is 0 Å². The van der Waals surface area contributed by atoms with E-state index in [0.717, 1.165) is 0 Å². The molecule has 0 unspecified atom stereocenters. The van der Waals surface area contributed by atoms with Crippen molar-refractivity contribution >= 4 is 29.3 Å². The molecule has 50 valence electrons. The third-order valence-corrected chi connectivity index (χ3v) is 0. The van der Waals surface area contributed by atoms with E-state index in [9.17, 15) is 0 Å². The topological polar surface area (TPSA) is 100 Å². The Kier molecular flexibility index (Phi) is 41.9. The summed E-state index contributed by atoms with van der Waals surface area (Å²) in [6, 6.07) is 0. The maximum atomic E-state index is 8.86. The minimum Gasteiger partial charge on any atom is -0.784 e. The molecule has 9 heteroatoms. The largest absolute Gasteiger partial charge is 1.00 e. The third-order valence-electron chi connectivity index (χ3n) is 0. The summed E-state index contributed by atoms with van der Waals surface area (Å²) in [5.41, 5.74) is 0. The maximum absolute atomic E-state index is 8.86. The summed E-state index contributed by atoms with van der Waals surface area (Å²) < 4.78 is 25.3. The monoisotopic (exact) mass is 236 g/mol. The Balaban J connectivity index is -0.0000000300. The van der Waals surface area contributed by atoms with E-state index in [1.807, 2.05) is 0 Å². The molecular weight excluding hydrogens is 234 g/mol. The van der Waals surface area contributed by atoms with Crippen LogP contribution in [-0.2, 0) is 11.4 Å².